The fraction of sp³-hybridized carbons (Fsp3) is 0.727. The third-order valence-corrected chi connectivity index (χ3v) is 26.5. The van der Waals surface area contributed by atoms with Crippen molar-refractivity contribution in [1.29, 1.82) is 0 Å². The van der Waals surface area contributed by atoms with E-state index in [1.165, 1.54) is 0 Å². The van der Waals surface area contributed by atoms with Crippen molar-refractivity contribution in [1.82, 2.24) is 0 Å². The molecule has 84 valence electrons. The minimum atomic E-state index is -1.51. The van der Waals surface area contributed by atoms with Crippen molar-refractivity contribution in [2.24, 2.45) is 0 Å². The molecule has 0 aromatic rings. The average Bonchev–Trinajstić information content (AvgIpc) is 2.23. The SMILES string of the molecule is C=CC(=O)O.C[CH2][Pb]([CH2]C)([CH2]C)[CH2]C. The van der Waals surface area contributed by atoms with Gasteiger partial charge in [0, 0.05) is 6.08 Å². The van der Waals surface area contributed by atoms with Crippen molar-refractivity contribution < 1.29 is 9.90 Å². The second-order valence-electron chi connectivity index (χ2n) is 3.46. The van der Waals surface area contributed by atoms with E-state index in [-0.39, 0.29) is 0 Å². The molecule has 0 aromatic carbocycles. The van der Waals surface area contributed by atoms with Crippen molar-refractivity contribution in [3.8, 4) is 0 Å². The maximum absolute atomic E-state index is 9.25. The summed E-state index contributed by atoms with van der Waals surface area (Å²) in [5.74, 6) is -0.981. The first-order chi connectivity index (χ1) is 6.51. The predicted molar refractivity (Wildman–Crippen MR) is 65.5 cm³/mol. The summed E-state index contributed by atoms with van der Waals surface area (Å²) in [7, 11) is 0. The van der Waals surface area contributed by atoms with E-state index in [2.05, 4.69) is 34.3 Å². The Morgan fingerprint density at radius 2 is 1.36 bits per heavy atom. The second-order valence-corrected chi connectivity index (χ2v) is 26.1. The molecule has 0 heterocycles. The first-order valence-electron chi connectivity index (χ1n) is 5.37. The van der Waals surface area contributed by atoms with Gasteiger partial charge in [0.25, 0.3) is 0 Å². The van der Waals surface area contributed by atoms with Gasteiger partial charge in [-0.1, -0.05) is 6.58 Å². The Hall–Kier alpha value is 0.132. The summed E-state index contributed by atoms with van der Waals surface area (Å²) in [4.78, 5) is 9.25. The molecular formula is C11H24O2Pb. The molecule has 0 bridgehead atoms. The summed E-state index contributed by atoms with van der Waals surface area (Å²) in [6.45, 7) is 12.6. The van der Waals surface area contributed by atoms with Crippen LogP contribution in [0.4, 0.5) is 0 Å². The number of carboxylic acids is 1. The molecule has 0 atom stereocenters. The Labute approximate surface area is 93.1 Å². The van der Waals surface area contributed by atoms with Gasteiger partial charge >= 0.3 is 70.8 Å². The Morgan fingerprint density at radius 3 is 1.36 bits per heavy atom. The van der Waals surface area contributed by atoms with E-state index >= 15 is 0 Å². The average molecular weight is 396 g/mol. The summed E-state index contributed by atoms with van der Waals surface area (Å²) >= 11 is -1.51. The normalized spacial score (nSPS) is 10.0. The Morgan fingerprint density at radius 1 is 1.14 bits per heavy atom. The van der Waals surface area contributed by atoms with E-state index in [1.807, 2.05) is 0 Å². The van der Waals surface area contributed by atoms with Crippen LogP contribution in [0, 0.1) is 0 Å². The van der Waals surface area contributed by atoms with E-state index in [0.29, 0.717) is 0 Å². The van der Waals surface area contributed by atoms with Gasteiger partial charge in [0.15, 0.2) is 0 Å². The van der Waals surface area contributed by atoms with Gasteiger partial charge in [0.1, 0.15) is 0 Å². The molecule has 0 saturated heterocycles. The van der Waals surface area contributed by atoms with Crippen LogP contribution in [0.25, 0.3) is 0 Å². The van der Waals surface area contributed by atoms with Crippen LogP contribution in [0.2, 0.25) is 15.9 Å². The van der Waals surface area contributed by atoms with Gasteiger partial charge in [-0.15, -0.1) is 0 Å². The number of rotatable bonds is 5. The fourth-order valence-corrected chi connectivity index (χ4v) is 13.2. The van der Waals surface area contributed by atoms with Gasteiger partial charge in [-0.25, -0.2) is 4.79 Å². The van der Waals surface area contributed by atoms with Crippen molar-refractivity contribution in [3.05, 3.63) is 12.7 Å². The topological polar surface area (TPSA) is 37.3 Å². The van der Waals surface area contributed by atoms with Gasteiger partial charge in [0.2, 0.25) is 0 Å². The zero-order valence-electron chi connectivity index (χ0n) is 9.97. The quantitative estimate of drug-likeness (QED) is 0.568. The Bertz CT molecular complexity index is 145. The molecule has 0 aliphatic carbocycles. The van der Waals surface area contributed by atoms with E-state index in [1.54, 1.807) is 15.9 Å². The molecule has 14 heavy (non-hydrogen) atoms. The molecule has 2 nitrogen and oxygen atoms in total. The van der Waals surface area contributed by atoms with Crippen LogP contribution in [0.5, 0.6) is 0 Å². The van der Waals surface area contributed by atoms with Crippen molar-refractivity contribution >= 4 is 27.1 Å². The number of carbonyl (C=O) groups is 1. The Kier molecular flexibility index (Phi) is 11.4. The zero-order chi connectivity index (χ0) is 11.6. The van der Waals surface area contributed by atoms with Crippen LogP contribution in [-0.4, -0.2) is 32.2 Å². The minimum absolute atomic E-state index is 0.833. The van der Waals surface area contributed by atoms with Crippen LogP contribution < -0.4 is 0 Å². The van der Waals surface area contributed by atoms with Gasteiger partial charge in [-0.2, -0.15) is 0 Å². The first-order valence-corrected chi connectivity index (χ1v) is 16.4. The third kappa shape index (κ3) is 7.53. The third-order valence-electron chi connectivity index (χ3n) is 3.17. The van der Waals surface area contributed by atoms with Crippen LogP contribution in [0.15, 0.2) is 12.7 Å². The van der Waals surface area contributed by atoms with E-state index in [4.69, 9.17) is 5.11 Å². The summed E-state index contributed by atoms with van der Waals surface area (Å²) in [5.41, 5.74) is 0. The van der Waals surface area contributed by atoms with Gasteiger partial charge in [-0.05, 0) is 0 Å². The molecule has 0 aliphatic rings. The first kappa shape index (κ1) is 16.6. The van der Waals surface area contributed by atoms with Crippen molar-refractivity contribution in [2.75, 3.05) is 0 Å². The number of hydrogen-bond donors (Lipinski definition) is 1. The molecule has 0 unspecified atom stereocenters. The van der Waals surface area contributed by atoms with Crippen molar-refractivity contribution in [2.45, 2.75) is 43.6 Å². The molecule has 1 N–H and O–H groups in total. The fourth-order valence-electron chi connectivity index (χ4n) is 1.50. The molecule has 3 heteroatoms. The molecule has 0 spiro atoms. The number of aliphatic carboxylic acids is 1. The van der Waals surface area contributed by atoms with Gasteiger partial charge < -0.3 is 5.11 Å². The molecule has 0 saturated carbocycles. The summed E-state index contributed by atoms with van der Waals surface area (Å²) in [5, 5.41) is 7.60. The van der Waals surface area contributed by atoms with E-state index in [0.717, 1.165) is 6.08 Å². The van der Waals surface area contributed by atoms with E-state index < -0.39 is 27.1 Å². The predicted octanol–water partition coefficient (Wildman–Crippen LogP) is 3.77. The van der Waals surface area contributed by atoms with Crippen LogP contribution >= 0.6 is 0 Å². The standard InChI is InChI=1S/C3H4O2.4C2H5.Pb/c1-2-3(4)5;4*1-2;/h2H,1H2,(H,4,5);4*1H2,2H3;. The molecule has 0 radical (unpaired) electrons. The molecule has 0 aromatic heterocycles. The summed E-state index contributed by atoms with van der Waals surface area (Å²) < 4.78 is 6.26. The summed E-state index contributed by atoms with van der Waals surface area (Å²) in [6.07, 6.45) is 0.833. The molecular weight excluding hydrogens is 371 g/mol. The summed E-state index contributed by atoms with van der Waals surface area (Å²) in [6, 6.07) is 0. The van der Waals surface area contributed by atoms with Crippen LogP contribution in [0.1, 0.15) is 27.7 Å². The maximum atomic E-state index is 9.25. The molecule has 0 aliphatic heterocycles. The van der Waals surface area contributed by atoms with Gasteiger partial charge in [0.05, 0.1) is 0 Å². The molecule has 0 amide bonds. The Balaban J connectivity index is 0. The van der Waals surface area contributed by atoms with Crippen LogP contribution in [0.3, 0.4) is 0 Å². The molecule has 0 fully saturated rings. The van der Waals surface area contributed by atoms with Crippen molar-refractivity contribution in [3.63, 3.8) is 0 Å². The molecule has 0 rings (SSSR count). The monoisotopic (exact) mass is 396 g/mol. The zero-order valence-corrected chi connectivity index (χ0v) is 13.9. The number of hydrogen-bond acceptors (Lipinski definition) is 1. The van der Waals surface area contributed by atoms with Gasteiger partial charge in [-0.3, -0.25) is 0 Å². The van der Waals surface area contributed by atoms with E-state index in [9.17, 15) is 4.79 Å². The second kappa shape index (κ2) is 9.68. The number of carboxylic acid groups (broad SMARTS) is 1. The van der Waals surface area contributed by atoms with Crippen LogP contribution in [-0.2, 0) is 4.79 Å².